The summed E-state index contributed by atoms with van der Waals surface area (Å²) in [6.45, 7) is 1.33. The Balaban J connectivity index is 1.63. The molecule has 3 amide bonds. The molecule has 1 atom stereocenters. The zero-order chi connectivity index (χ0) is 22.4. The maximum Gasteiger partial charge on any atom is 0.406 e. The van der Waals surface area contributed by atoms with Gasteiger partial charge < -0.3 is 14.8 Å². The average Bonchev–Trinajstić information content (AvgIpc) is 3.01. The summed E-state index contributed by atoms with van der Waals surface area (Å²) in [5.41, 5.74) is 2.20. The Kier molecular flexibility index (Phi) is 7.45. The molecule has 1 aromatic heterocycles. The Hall–Kier alpha value is -3.14. The number of alkyl carbamates (subject to hydrolysis) is 1. The third-order valence-corrected chi connectivity index (χ3v) is 5.31. The highest BCUT2D eigenvalue weighted by atomic mass is 16.5. The number of carbonyl (C=O) groups is 3. The van der Waals surface area contributed by atoms with E-state index in [9.17, 15) is 19.2 Å². The van der Waals surface area contributed by atoms with Crippen molar-refractivity contribution in [3.63, 3.8) is 0 Å². The first kappa shape index (κ1) is 22.5. The fraction of sp³-hybridized carbons (Fsp3) is 0.524. The number of benzene rings is 1. The van der Waals surface area contributed by atoms with Gasteiger partial charge in [0.05, 0.1) is 17.6 Å². The molecule has 0 bridgehead atoms. The Morgan fingerprint density at radius 1 is 1.19 bits per heavy atom. The first-order valence-corrected chi connectivity index (χ1v) is 10.4. The Morgan fingerprint density at radius 3 is 2.71 bits per heavy atom. The molecule has 1 saturated heterocycles. The molecule has 1 aliphatic heterocycles. The van der Waals surface area contributed by atoms with Crippen molar-refractivity contribution in [1.29, 1.82) is 0 Å². The van der Waals surface area contributed by atoms with Crippen molar-refractivity contribution in [1.82, 2.24) is 19.8 Å². The number of fused-ring (bicyclic) bond motifs is 1. The molecular formula is C21H28N4O6. The van der Waals surface area contributed by atoms with Gasteiger partial charge in [0.25, 0.3) is 0 Å². The standard InChI is InChI=1S/C21H28N4O6/c1-22-20(28)31-13-5-12-30-11-4-7-14-6-3-8-15-18(14)24(2)21(29)25(15)16-9-10-17(26)23-19(16)27/h3,6,8,16H,4-5,7,9-13H2,1-2H3,(H,22,28)(H,23,26,27). The van der Waals surface area contributed by atoms with Crippen LogP contribution in [0.5, 0.6) is 0 Å². The minimum absolute atomic E-state index is 0.213. The topological polar surface area (TPSA) is 121 Å². The summed E-state index contributed by atoms with van der Waals surface area (Å²) >= 11 is 0. The van der Waals surface area contributed by atoms with E-state index < -0.39 is 18.0 Å². The summed E-state index contributed by atoms with van der Waals surface area (Å²) in [7, 11) is 3.20. The molecule has 10 heteroatoms. The van der Waals surface area contributed by atoms with Crippen molar-refractivity contribution in [2.75, 3.05) is 26.9 Å². The second kappa shape index (κ2) is 10.3. The van der Waals surface area contributed by atoms with Gasteiger partial charge in [-0.25, -0.2) is 9.59 Å². The Bertz CT molecular complexity index is 1020. The Labute approximate surface area is 179 Å². The van der Waals surface area contributed by atoms with Crippen molar-refractivity contribution in [2.45, 2.75) is 38.1 Å². The number of rotatable bonds is 9. The number of nitrogens with zero attached hydrogens (tertiary/aromatic N) is 2. The predicted molar refractivity (Wildman–Crippen MR) is 113 cm³/mol. The summed E-state index contributed by atoms with van der Waals surface area (Å²) < 4.78 is 13.5. The van der Waals surface area contributed by atoms with E-state index >= 15 is 0 Å². The van der Waals surface area contributed by atoms with Crippen LogP contribution >= 0.6 is 0 Å². The monoisotopic (exact) mass is 432 g/mol. The van der Waals surface area contributed by atoms with Gasteiger partial charge in [0, 0.05) is 40.2 Å². The zero-order valence-electron chi connectivity index (χ0n) is 17.8. The third kappa shape index (κ3) is 5.13. The van der Waals surface area contributed by atoms with Gasteiger partial charge >= 0.3 is 11.8 Å². The fourth-order valence-electron chi connectivity index (χ4n) is 3.82. The van der Waals surface area contributed by atoms with Crippen LogP contribution in [0.25, 0.3) is 11.0 Å². The SMILES string of the molecule is CNC(=O)OCCCOCCCc1cccc2c1n(C)c(=O)n2C1CCC(=O)NC1=O. The summed E-state index contributed by atoms with van der Waals surface area (Å²) in [5, 5.41) is 4.70. The molecule has 0 saturated carbocycles. The predicted octanol–water partition coefficient (Wildman–Crippen LogP) is 1.01. The molecule has 168 valence electrons. The zero-order valence-corrected chi connectivity index (χ0v) is 17.8. The summed E-state index contributed by atoms with van der Waals surface area (Å²) in [4.78, 5) is 47.7. The van der Waals surface area contributed by atoms with Crippen LogP contribution in [0.2, 0.25) is 0 Å². The van der Waals surface area contributed by atoms with Crippen molar-refractivity contribution in [2.24, 2.45) is 7.05 Å². The van der Waals surface area contributed by atoms with Crippen LogP contribution in [0, 0.1) is 0 Å². The van der Waals surface area contributed by atoms with E-state index in [0.717, 1.165) is 17.5 Å². The van der Waals surface area contributed by atoms with Crippen LogP contribution in [0.4, 0.5) is 4.79 Å². The van der Waals surface area contributed by atoms with Gasteiger partial charge in [-0.1, -0.05) is 12.1 Å². The number of imidazole rings is 1. The van der Waals surface area contributed by atoms with E-state index in [-0.39, 0.29) is 18.0 Å². The number of imide groups is 1. The molecule has 0 aliphatic carbocycles. The van der Waals surface area contributed by atoms with Crippen LogP contribution in [0.1, 0.15) is 37.3 Å². The van der Waals surface area contributed by atoms with Crippen LogP contribution < -0.4 is 16.3 Å². The minimum atomic E-state index is -0.690. The molecule has 3 rings (SSSR count). The number of hydrogen-bond donors (Lipinski definition) is 2. The lowest BCUT2D eigenvalue weighted by Crippen LogP contribution is -2.44. The molecule has 10 nitrogen and oxygen atoms in total. The summed E-state index contributed by atoms with van der Waals surface area (Å²) in [5.74, 6) is -0.750. The lowest BCUT2D eigenvalue weighted by atomic mass is 10.0. The maximum absolute atomic E-state index is 12.9. The van der Waals surface area contributed by atoms with Crippen molar-refractivity contribution in [3.8, 4) is 0 Å². The summed E-state index contributed by atoms with van der Waals surface area (Å²) in [6, 6.07) is 4.97. The number of amides is 3. The number of piperidine rings is 1. The van der Waals surface area contributed by atoms with Crippen LogP contribution in [0.15, 0.2) is 23.0 Å². The number of hydrogen-bond acceptors (Lipinski definition) is 6. The van der Waals surface area contributed by atoms with Crippen molar-refractivity contribution < 1.29 is 23.9 Å². The molecule has 2 aromatic rings. The van der Waals surface area contributed by atoms with Gasteiger partial charge in [0.1, 0.15) is 6.04 Å². The van der Waals surface area contributed by atoms with E-state index in [1.807, 2.05) is 18.2 Å². The number of ether oxygens (including phenoxy) is 2. The molecular weight excluding hydrogens is 404 g/mol. The molecule has 31 heavy (non-hydrogen) atoms. The largest absolute Gasteiger partial charge is 0.449 e. The van der Waals surface area contributed by atoms with Crippen LogP contribution in [-0.4, -0.2) is 53.9 Å². The summed E-state index contributed by atoms with van der Waals surface area (Å²) in [6.07, 6.45) is 2.15. The normalized spacial score (nSPS) is 16.4. The van der Waals surface area contributed by atoms with Gasteiger partial charge in [-0.3, -0.25) is 24.0 Å². The highest BCUT2D eigenvalue weighted by Crippen LogP contribution is 2.25. The van der Waals surface area contributed by atoms with Gasteiger partial charge in [0.15, 0.2) is 0 Å². The first-order chi connectivity index (χ1) is 14.9. The van der Waals surface area contributed by atoms with Crippen LogP contribution in [0.3, 0.4) is 0 Å². The van der Waals surface area contributed by atoms with Gasteiger partial charge in [0.2, 0.25) is 11.8 Å². The molecule has 0 radical (unpaired) electrons. The van der Waals surface area contributed by atoms with Crippen molar-refractivity contribution in [3.05, 3.63) is 34.2 Å². The number of para-hydroxylation sites is 1. The molecule has 2 N–H and O–H groups in total. The van der Waals surface area contributed by atoms with Gasteiger partial charge in [-0.15, -0.1) is 0 Å². The lowest BCUT2D eigenvalue weighted by molar-refractivity contribution is -0.135. The van der Waals surface area contributed by atoms with E-state index in [1.165, 1.54) is 11.6 Å². The highest BCUT2D eigenvalue weighted by Gasteiger charge is 2.31. The molecule has 1 aromatic carbocycles. The molecule has 1 unspecified atom stereocenters. The number of nitrogens with one attached hydrogen (secondary N) is 2. The number of carbonyl (C=O) groups excluding carboxylic acids is 3. The minimum Gasteiger partial charge on any atom is -0.449 e. The van der Waals surface area contributed by atoms with Gasteiger partial charge in [-0.05, 0) is 30.9 Å². The van der Waals surface area contributed by atoms with Crippen molar-refractivity contribution >= 4 is 28.9 Å². The lowest BCUT2D eigenvalue weighted by Gasteiger charge is -2.21. The second-order valence-corrected chi connectivity index (χ2v) is 7.42. The molecule has 1 aliphatic rings. The highest BCUT2D eigenvalue weighted by molar-refractivity contribution is 6.00. The van der Waals surface area contributed by atoms with E-state index in [2.05, 4.69) is 10.6 Å². The molecule has 1 fully saturated rings. The third-order valence-electron chi connectivity index (χ3n) is 5.31. The van der Waals surface area contributed by atoms with E-state index in [0.29, 0.717) is 44.6 Å². The average molecular weight is 432 g/mol. The van der Waals surface area contributed by atoms with E-state index in [4.69, 9.17) is 9.47 Å². The molecule has 2 heterocycles. The second-order valence-electron chi connectivity index (χ2n) is 7.42. The number of aromatic nitrogens is 2. The van der Waals surface area contributed by atoms with Gasteiger partial charge in [-0.2, -0.15) is 0 Å². The first-order valence-electron chi connectivity index (χ1n) is 10.4. The smallest absolute Gasteiger partial charge is 0.406 e. The fourth-order valence-corrected chi connectivity index (χ4v) is 3.82. The number of aryl methyl sites for hydroxylation is 2. The van der Waals surface area contributed by atoms with E-state index in [1.54, 1.807) is 11.6 Å². The Morgan fingerprint density at radius 2 is 1.97 bits per heavy atom. The van der Waals surface area contributed by atoms with Crippen LogP contribution in [-0.2, 0) is 32.5 Å². The quantitative estimate of drug-likeness (QED) is 0.451. The molecule has 0 spiro atoms. The maximum atomic E-state index is 12.9.